The summed E-state index contributed by atoms with van der Waals surface area (Å²) in [7, 11) is 0. The molecule has 0 bridgehead atoms. The van der Waals surface area contributed by atoms with Crippen molar-refractivity contribution in [2.75, 3.05) is 0 Å². The average molecular weight is 158 g/mol. The van der Waals surface area contributed by atoms with Gasteiger partial charge in [-0.05, 0) is 6.08 Å². The molecule has 0 aliphatic carbocycles. The predicted octanol–water partition coefficient (Wildman–Crippen LogP) is -0.975. The molecule has 6 heteroatoms. The second-order valence-corrected chi connectivity index (χ2v) is 1.76. The van der Waals surface area contributed by atoms with Crippen LogP contribution < -0.4 is 11.2 Å². The van der Waals surface area contributed by atoms with Crippen LogP contribution in [0.2, 0.25) is 0 Å². The van der Waals surface area contributed by atoms with Crippen LogP contribution in [0.15, 0.2) is 12.3 Å². The molecule has 0 aromatic heterocycles. The molecule has 6 nitrogen and oxygen atoms in total. The number of primary amides is 1. The molecule has 1 atom stereocenters. The van der Waals surface area contributed by atoms with E-state index < -0.39 is 18.2 Å². The predicted molar refractivity (Wildman–Crippen MR) is 32.8 cm³/mol. The Morgan fingerprint density at radius 3 is 2.82 bits per heavy atom. The number of amides is 1. The third-order valence-electron chi connectivity index (χ3n) is 0.968. The van der Waals surface area contributed by atoms with Gasteiger partial charge in [-0.25, -0.2) is 9.59 Å². The summed E-state index contributed by atoms with van der Waals surface area (Å²) >= 11 is 0. The zero-order chi connectivity index (χ0) is 8.27. The van der Waals surface area contributed by atoms with Gasteiger partial charge < -0.3 is 10.5 Å². The number of nitrogens with one attached hydrogen (secondary N) is 1. The van der Waals surface area contributed by atoms with Gasteiger partial charge in [0, 0.05) is 6.20 Å². The van der Waals surface area contributed by atoms with Crippen molar-refractivity contribution >= 4 is 12.1 Å². The third-order valence-corrected chi connectivity index (χ3v) is 0.968. The van der Waals surface area contributed by atoms with Crippen molar-refractivity contribution in [2.24, 2.45) is 5.73 Å². The molecule has 0 aromatic carbocycles. The molecule has 1 amide bonds. The van der Waals surface area contributed by atoms with E-state index >= 15 is 0 Å². The molecule has 1 aliphatic rings. The van der Waals surface area contributed by atoms with E-state index in [1.54, 1.807) is 0 Å². The van der Waals surface area contributed by atoms with Gasteiger partial charge in [-0.15, -0.1) is 0 Å². The minimum Gasteiger partial charge on any atom is -0.374 e. The highest BCUT2D eigenvalue weighted by Gasteiger charge is 2.22. The van der Waals surface area contributed by atoms with Gasteiger partial charge in [-0.3, -0.25) is 10.3 Å². The highest BCUT2D eigenvalue weighted by Crippen LogP contribution is 2.00. The lowest BCUT2D eigenvalue weighted by Crippen LogP contribution is -2.28. The molecule has 60 valence electrons. The second kappa shape index (κ2) is 3.02. The van der Waals surface area contributed by atoms with Crippen LogP contribution in [0, 0.1) is 0 Å². The first-order chi connectivity index (χ1) is 5.20. The summed E-state index contributed by atoms with van der Waals surface area (Å²) < 4.78 is 4.02. The number of hydrogen-bond donors (Lipinski definition) is 2. The number of nitrogens with two attached hydrogens (primary N) is 1. The van der Waals surface area contributed by atoms with Gasteiger partial charge in [-0.2, -0.15) is 0 Å². The van der Waals surface area contributed by atoms with E-state index in [4.69, 9.17) is 0 Å². The second-order valence-electron chi connectivity index (χ2n) is 1.76. The molecule has 0 saturated heterocycles. The minimum absolute atomic E-state index is 0.834. The van der Waals surface area contributed by atoms with Crippen molar-refractivity contribution < 1.29 is 19.2 Å². The fourth-order valence-electron chi connectivity index (χ4n) is 0.562. The topological polar surface area (TPSA) is 90.7 Å². The number of esters is 1. The normalized spacial score (nSPS) is 20.9. The summed E-state index contributed by atoms with van der Waals surface area (Å²) in [4.78, 5) is 25.3. The Labute approximate surface area is 61.9 Å². The van der Waals surface area contributed by atoms with Crippen LogP contribution in [0.25, 0.3) is 0 Å². The molecular weight excluding hydrogens is 152 g/mol. The third kappa shape index (κ3) is 1.94. The number of carbonyl (C=O) groups excluding carboxylic acids is 2. The Balaban J connectivity index is 2.41. The summed E-state index contributed by atoms with van der Waals surface area (Å²) in [5, 5.41) is 0. The molecule has 0 aromatic rings. The Morgan fingerprint density at radius 1 is 1.64 bits per heavy atom. The van der Waals surface area contributed by atoms with Crippen molar-refractivity contribution in [1.29, 1.82) is 0 Å². The summed E-state index contributed by atoms with van der Waals surface area (Å²) in [5.74, 6) is -0.834. The van der Waals surface area contributed by atoms with Crippen molar-refractivity contribution in [3.63, 3.8) is 0 Å². The largest absolute Gasteiger partial charge is 0.412 e. The van der Waals surface area contributed by atoms with Gasteiger partial charge >= 0.3 is 12.1 Å². The SMILES string of the molecule is NC(=O)OC(=O)C1C=CNO1. The first kappa shape index (κ1) is 7.55. The Morgan fingerprint density at radius 2 is 2.36 bits per heavy atom. The number of carbonyl (C=O) groups is 2. The zero-order valence-electron chi connectivity index (χ0n) is 5.44. The highest BCUT2D eigenvalue weighted by atomic mass is 16.7. The molecule has 11 heavy (non-hydrogen) atoms. The van der Waals surface area contributed by atoms with Crippen molar-refractivity contribution in [3.8, 4) is 0 Å². The maximum Gasteiger partial charge on any atom is 0.412 e. The Hall–Kier alpha value is -1.56. The van der Waals surface area contributed by atoms with E-state index in [1.165, 1.54) is 12.3 Å². The summed E-state index contributed by atoms with van der Waals surface area (Å²) in [6.45, 7) is 0. The van der Waals surface area contributed by atoms with Crippen LogP contribution in [0.3, 0.4) is 0 Å². The van der Waals surface area contributed by atoms with E-state index in [9.17, 15) is 9.59 Å². The number of hydroxylamine groups is 1. The van der Waals surface area contributed by atoms with Crippen molar-refractivity contribution in [1.82, 2.24) is 5.48 Å². The summed E-state index contributed by atoms with van der Waals surface area (Å²) in [6, 6.07) is 0. The van der Waals surface area contributed by atoms with E-state index in [0.29, 0.717) is 0 Å². The minimum atomic E-state index is -1.14. The monoisotopic (exact) mass is 158 g/mol. The molecule has 1 aliphatic heterocycles. The van der Waals surface area contributed by atoms with Gasteiger partial charge in [0.15, 0.2) is 0 Å². The molecule has 1 rings (SSSR count). The van der Waals surface area contributed by atoms with Crippen LogP contribution in [-0.4, -0.2) is 18.2 Å². The lowest BCUT2D eigenvalue weighted by atomic mass is 10.4. The molecule has 0 fully saturated rings. The number of rotatable bonds is 1. The van der Waals surface area contributed by atoms with E-state index in [2.05, 4.69) is 20.8 Å². The van der Waals surface area contributed by atoms with E-state index in [0.717, 1.165) is 0 Å². The Bertz CT molecular complexity index is 213. The molecule has 0 spiro atoms. The van der Waals surface area contributed by atoms with Crippen LogP contribution in [0.4, 0.5) is 4.79 Å². The fourth-order valence-corrected chi connectivity index (χ4v) is 0.562. The van der Waals surface area contributed by atoms with E-state index in [1.807, 2.05) is 0 Å². The van der Waals surface area contributed by atoms with Gasteiger partial charge in [0.2, 0.25) is 6.10 Å². The van der Waals surface area contributed by atoms with E-state index in [-0.39, 0.29) is 0 Å². The quantitative estimate of drug-likeness (QED) is 0.378. The molecular formula is C5H6N2O4. The van der Waals surface area contributed by atoms with Crippen LogP contribution >= 0.6 is 0 Å². The van der Waals surface area contributed by atoms with Crippen molar-refractivity contribution in [2.45, 2.75) is 6.10 Å². The number of hydrogen-bond acceptors (Lipinski definition) is 5. The fraction of sp³-hybridized carbons (Fsp3) is 0.200. The van der Waals surface area contributed by atoms with Crippen molar-refractivity contribution in [3.05, 3.63) is 12.3 Å². The van der Waals surface area contributed by atoms with Gasteiger partial charge in [0.1, 0.15) is 0 Å². The molecule has 1 heterocycles. The van der Waals surface area contributed by atoms with Gasteiger partial charge in [0.25, 0.3) is 0 Å². The first-order valence-corrected chi connectivity index (χ1v) is 2.79. The molecule has 0 saturated carbocycles. The van der Waals surface area contributed by atoms with Gasteiger partial charge in [-0.1, -0.05) is 0 Å². The maximum absolute atomic E-state index is 10.7. The van der Waals surface area contributed by atoms with Gasteiger partial charge in [0.05, 0.1) is 0 Å². The van der Waals surface area contributed by atoms with Crippen LogP contribution in [0.5, 0.6) is 0 Å². The average Bonchev–Trinajstić information content (AvgIpc) is 2.35. The molecule has 1 unspecified atom stereocenters. The summed E-state index contributed by atoms with van der Waals surface area (Å²) in [5.41, 5.74) is 6.87. The maximum atomic E-state index is 10.7. The number of ether oxygens (including phenoxy) is 1. The lowest BCUT2D eigenvalue weighted by Gasteiger charge is -2.03. The standard InChI is InChI=1S/C5H6N2O4/c6-5(9)10-4(8)3-1-2-7-11-3/h1-3,7H,(H2,6,9). The molecule has 3 N–H and O–H groups in total. The van der Waals surface area contributed by atoms with Crippen LogP contribution in [-0.2, 0) is 14.4 Å². The zero-order valence-corrected chi connectivity index (χ0v) is 5.44. The Kier molecular flexibility index (Phi) is 2.07. The lowest BCUT2D eigenvalue weighted by molar-refractivity contribution is -0.148. The van der Waals surface area contributed by atoms with Crippen LogP contribution in [0.1, 0.15) is 0 Å². The highest BCUT2D eigenvalue weighted by molar-refractivity contribution is 5.87. The summed E-state index contributed by atoms with van der Waals surface area (Å²) in [6.07, 6.45) is 0.777. The molecule has 0 radical (unpaired) electrons. The first-order valence-electron chi connectivity index (χ1n) is 2.79. The smallest absolute Gasteiger partial charge is 0.374 e.